The van der Waals surface area contributed by atoms with Gasteiger partial charge in [-0.25, -0.2) is 0 Å². The van der Waals surface area contributed by atoms with Gasteiger partial charge in [0.1, 0.15) is 11.7 Å². The maximum Gasteiger partial charge on any atom is 0.244 e. The van der Waals surface area contributed by atoms with Crippen molar-refractivity contribution >= 4 is 5.91 Å². The quantitative estimate of drug-likeness (QED) is 0.846. The van der Waals surface area contributed by atoms with Gasteiger partial charge in [-0.15, -0.1) is 5.06 Å². The number of aliphatic hydroxyl groups is 1. The Kier molecular flexibility index (Phi) is 4.03. The van der Waals surface area contributed by atoms with Crippen molar-refractivity contribution in [2.24, 2.45) is 23.7 Å². The van der Waals surface area contributed by atoms with Crippen LogP contribution in [0.25, 0.3) is 0 Å². The molecule has 1 N–H and O–H groups in total. The summed E-state index contributed by atoms with van der Waals surface area (Å²) in [5, 5.41) is 11.7. The summed E-state index contributed by atoms with van der Waals surface area (Å²) in [5.74, 6) is 1.47. The maximum atomic E-state index is 12.9. The molecule has 2 saturated heterocycles. The lowest BCUT2D eigenvalue weighted by Crippen LogP contribution is -2.61. The zero-order chi connectivity index (χ0) is 16.2. The predicted octanol–water partition coefficient (Wildman–Crippen LogP) is 1.86. The number of fused-ring (bicyclic) bond motifs is 2. The second-order valence-electron chi connectivity index (χ2n) is 7.94. The van der Waals surface area contributed by atoms with Gasteiger partial charge >= 0.3 is 0 Å². The molecule has 0 radical (unpaired) electrons. The van der Waals surface area contributed by atoms with E-state index in [4.69, 9.17) is 4.84 Å². The van der Waals surface area contributed by atoms with Gasteiger partial charge in [0, 0.05) is 18.9 Å². The number of carbonyl (C=O) groups is 1. The third-order valence-corrected chi connectivity index (χ3v) is 6.32. The number of hydroxylamine groups is 2. The molecule has 5 nitrogen and oxygen atoms in total. The van der Waals surface area contributed by atoms with Gasteiger partial charge in [0.2, 0.25) is 5.91 Å². The molecule has 3 fully saturated rings. The zero-order valence-electron chi connectivity index (χ0n) is 14.5. The summed E-state index contributed by atoms with van der Waals surface area (Å²) in [6, 6.07) is -0.323. The Labute approximate surface area is 133 Å². The molecule has 1 amide bonds. The van der Waals surface area contributed by atoms with Crippen molar-refractivity contribution < 1.29 is 14.7 Å². The minimum absolute atomic E-state index is 0.000107. The second kappa shape index (κ2) is 5.46. The van der Waals surface area contributed by atoms with Crippen LogP contribution in [0.1, 0.15) is 47.0 Å². The Morgan fingerprint density at radius 3 is 2.64 bits per heavy atom. The highest BCUT2D eigenvalue weighted by Crippen LogP contribution is 2.53. The van der Waals surface area contributed by atoms with E-state index in [1.54, 1.807) is 0 Å². The van der Waals surface area contributed by atoms with Crippen LogP contribution in [0.4, 0.5) is 0 Å². The third kappa shape index (κ3) is 1.98. The number of carbonyl (C=O) groups excluding carboxylic acids is 1. The normalized spacial score (nSPS) is 46.0. The van der Waals surface area contributed by atoms with E-state index in [-0.39, 0.29) is 36.2 Å². The Hall–Kier alpha value is -0.650. The molecule has 5 heteroatoms. The van der Waals surface area contributed by atoms with Crippen molar-refractivity contribution in [3.63, 3.8) is 0 Å². The highest BCUT2D eigenvalue weighted by atomic mass is 16.7. The summed E-state index contributed by atoms with van der Waals surface area (Å²) < 4.78 is 0. The fraction of sp³-hybridized carbons (Fsp3) is 0.941. The first-order chi connectivity index (χ1) is 10.3. The molecule has 6 atom stereocenters. The minimum atomic E-state index is -0.342. The van der Waals surface area contributed by atoms with Crippen LogP contribution in [0.3, 0.4) is 0 Å². The first kappa shape index (κ1) is 16.2. The number of likely N-dealkylation sites (N-methyl/N-ethyl adjacent to an activating group) is 1. The van der Waals surface area contributed by atoms with Crippen molar-refractivity contribution in [1.82, 2.24) is 9.96 Å². The smallest absolute Gasteiger partial charge is 0.244 e. The standard InChI is InChI=1S/C17H30N2O3/c1-10(2)14-7-6-11(3)8-17(14)18(5)16(21)15-13(9-20)12(4)22-19(15)17/h10-15,20H,6-9H2,1-5H3/t11?,12-,13-,14?,15+,17?/m1/s1. The van der Waals surface area contributed by atoms with Crippen molar-refractivity contribution in [2.45, 2.75) is 64.8 Å². The Balaban J connectivity index is 2.05. The number of aliphatic hydroxyl groups excluding tert-OH is 1. The molecule has 2 aliphatic heterocycles. The lowest BCUT2D eigenvalue weighted by Gasteiger charge is -2.52. The van der Waals surface area contributed by atoms with Gasteiger partial charge in [0.05, 0.1) is 12.7 Å². The Morgan fingerprint density at radius 1 is 1.36 bits per heavy atom. The predicted molar refractivity (Wildman–Crippen MR) is 83.6 cm³/mol. The van der Waals surface area contributed by atoms with Crippen LogP contribution in [-0.4, -0.2) is 52.4 Å². The van der Waals surface area contributed by atoms with Crippen molar-refractivity contribution in [3.8, 4) is 0 Å². The molecule has 0 bridgehead atoms. The maximum absolute atomic E-state index is 12.9. The molecular weight excluding hydrogens is 280 g/mol. The van der Waals surface area contributed by atoms with Crippen molar-refractivity contribution in [1.29, 1.82) is 0 Å². The first-order valence-electron chi connectivity index (χ1n) is 8.69. The molecule has 22 heavy (non-hydrogen) atoms. The number of amides is 1. The summed E-state index contributed by atoms with van der Waals surface area (Å²) in [6.07, 6.45) is 3.19. The van der Waals surface area contributed by atoms with Gasteiger partial charge in [-0.2, -0.15) is 0 Å². The van der Waals surface area contributed by atoms with Crippen LogP contribution < -0.4 is 0 Å². The Morgan fingerprint density at radius 2 is 2.05 bits per heavy atom. The fourth-order valence-electron chi connectivity index (χ4n) is 5.12. The molecule has 3 rings (SSSR count). The number of nitrogens with zero attached hydrogens (tertiary/aromatic N) is 2. The molecular formula is C17H30N2O3. The first-order valence-corrected chi connectivity index (χ1v) is 8.69. The topological polar surface area (TPSA) is 53.0 Å². The highest BCUT2D eigenvalue weighted by molar-refractivity contribution is 5.85. The number of hydrogen-bond acceptors (Lipinski definition) is 4. The van der Waals surface area contributed by atoms with Gasteiger partial charge in [0.15, 0.2) is 0 Å². The van der Waals surface area contributed by atoms with E-state index in [0.29, 0.717) is 17.8 Å². The van der Waals surface area contributed by atoms with Crippen molar-refractivity contribution in [2.75, 3.05) is 13.7 Å². The molecule has 1 spiro atoms. The largest absolute Gasteiger partial charge is 0.396 e. The lowest BCUT2D eigenvalue weighted by atomic mass is 9.69. The monoisotopic (exact) mass is 310 g/mol. The van der Waals surface area contributed by atoms with Crippen LogP contribution in [0.15, 0.2) is 0 Å². The SMILES string of the molecule is CC1CCC(C(C)C)C2(C1)N(C)C(=O)[C@@H]1[C@H](CO)[C@@H](C)ON12. The van der Waals surface area contributed by atoms with E-state index < -0.39 is 0 Å². The number of hydrogen-bond donors (Lipinski definition) is 1. The van der Waals surface area contributed by atoms with Crippen LogP contribution in [0.2, 0.25) is 0 Å². The summed E-state index contributed by atoms with van der Waals surface area (Å²) in [6.45, 7) is 8.73. The van der Waals surface area contributed by atoms with Gasteiger partial charge in [-0.3, -0.25) is 9.63 Å². The van der Waals surface area contributed by atoms with E-state index in [9.17, 15) is 9.90 Å². The van der Waals surface area contributed by atoms with E-state index >= 15 is 0 Å². The van der Waals surface area contributed by atoms with Crippen LogP contribution in [0.5, 0.6) is 0 Å². The minimum Gasteiger partial charge on any atom is -0.396 e. The van der Waals surface area contributed by atoms with Crippen LogP contribution >= 0.6 is 0 Å². The van der Waals surface area contributed by atoms with E-state index in [2.05, 4.69) is 20.8 Å². The molecule has 126 valence electrons. The lowest BCUT2D eigenvalue weighted by molar-refractivity contribution is -0.261. The van der Waals surface area contributed by atoms with Gasteiger partial charge in [0.25, 0.3) is 0 Å². The fourth-order valence-corrected chi connectivity index (χ4v) is 5.12. The summed E-state index contributed by atoms with van der Waals surface area (Å²) >= 11 is 0. The average molecular weight is 310 g/mol. The summed E-state index contributed by atoms with van der Waals surface area (Å²) in [7, 11) is 1.93. The Bertz CT molecular complexity index is 455. The van der Waals surface area contributed by atoms with Crippen LogP contribution in [0, 0.1) is 23.7 Å². The molecule has 1 saturated carbocycles. The molecule has 0 aromatic heterocycles. The summed E-state index contributed by atoms with van der Waals surface area (Å²) in [4.78, 5) is 21.0. The van der Waals surface area contributed by atoms with Gasteiger partial charge in [-0.1, -0.05) is 27.2 Å². The van der Waals surface area contributed by atoms with E-state index in [1.807, 2.05) is 23.9 Å². The molecule has 0 aromatic rings. The zero-order valence-corrected chi connectivity index (χ0v) is 14.5. The molecule has 2 heterocycles. The molecule has 3 unspecified atom stereocenters. The van der Waals surface area contributed by atoms with E-state index in [0.717, 1.165) is 12.8 Å². The third-order valence-electron chi connectivity index (χ3n) is 6.32. The molecule has 0 aromatic carbocycles. The summed E-state index contributed by atoms with van der Waals surface area (Å²) in [5.41, 5.74) is -0.342. The average Bonchev–Trinajstić information content (AvgIpc) is 2.89. The van der Waals surface area contributed by atoms with Gasteiger partial charge < -0.3 is 10.0 Å². The second-order valence-corrected chi connectivity index (χ2v) is 7.94. The number of rotatable bonds is 2. The molecule has 3 aliphatic rings. The highest BCUT2D eigenvalue weighted by Gasteiger charge is 2.66. The molecule has 1 aliphatic carbocycles. The van der Waals surface area contributed by atoms with Gasteiger partial charge in [-0.05, 0) is 31.6 Å². The van der Waals surface area contributed by atoms with Crippen molar-refractivity contribution in [3.05, 3.63) is 0 Å². The van der Waals surface area contributed by atoms with Crippen LogP contribution in [-0.2, 0) is 9.63 Å². The van der Waals surface area contributed by atoms with E-state index in [1.165, 1.54) is 6.42 Å².